The first-order valence-corrected chi connectivity index (χ1v) is 4.65. The van der Waals surface area contributed by atoms with E-state index < -0.39 is 0 Å². The normalized spacial score (nSPS) is 10.4. The van der Waals surface area contributed by atoms with Crippen molar-refractivity contribution in [2.45, 2.75) is 19.9 Å². The smallest absolute Gasteiger partial charge is 0.0351 e. The summed E-state index contributed by atoms with van der Waals surface area (Å²) in [4.78, 5) is 2.26. The van der Waals surface area contributed by atoms with Crippen molar-refractivity contribution in [3.8, 4) is 0 Å². The van der Waals surface area contributed by atoms with Crippen LogP contribution in [0.25, 0.3) is 0 Å². The SMILES string of the molecule is CC(C)N(CCCl)CCCl.[Cl-]. The topological polar surface area (TPSA) is 3.24 Å². The Morgan fingerprint density at radius 3 is 1.64 bits per heavy atom. The van der Waals surface area contributed by atoms with Crippen LogP contribution in [0.15, 0.2) is 0 Å². The average molecular weight is 220 g/mol. The number of nitrogens with zero attached hydrogens (tertiary/aromatic N) is 1. The lowest BCUT2D eigenvalue weighted by molar-refractivity contribution is -0.00000230. The van der Waals surface area contributed by atoms with Crippen molar-refractivity contribution >= 4 is 23.2 Å². The molecule has 0 fully saturated rings. The standard InChI is InChI=1S/C7H15Cl2N.ClH/c1-7(2)10(5-3-8)6-4-9;/h7H,3-6H2,1-2H3;1H/p-1. The molecule has 0 atom stereocenters. The fraction of sp³-hybridized carbons (Fsp3) is 1.00. The monoisotopic (exact) mass is 218 g/mol. The fourth-order valence-corrected chi connectivity index (χ4v) is 1.28. The first kappa shape index (κ1) is 14.4. The predicted octanol–water partition coefficient (Wildman–Crippen LogP) is -0.822. The zero-order valence-electron chi connectivity index (χ0n) is 6.99. The minimum Gasteiger partial charge on any atom is -1.00 e. The summed E-state index contributed by atoms with van der Waals surface area (Å²) in [5.74, 6) is 1.38. The van der Waals surface area contributed by atoms with Crippen molar-refractivity contribution in [2.24, 2.45) is 0 Å². The Hall–Kier alpha value is 0.830. The Bertz CT molecular complexity index is 72.1. The number of rotatable bonds is 5. The number of hydrogen-bond acceptors (Lipinski definition) is 1. The van der Waals surface area contributed by atoms with Gasteiger partial charge in [-0.25, -0.2) is 0 Å². The summed E-state index contributed by atoms with van der Waals surface area (Å²) in [6, 6.07) is 0.553. The first-order chi connectivity index (χ1) is 4.72. The van der Waals surface area contributed by atoms with Gasteiger partial charge >= 0.3 is 0 Å². The summed E-state index contributed by atoms with van der Waals surface area (Å²) in [6.45, 7) is 6.18. The van der Waals surface area contributed by atoms with E-state index in [1.165, 1.54) is 0 Å². The summed E-state index contributed by atoms with van der Waals surface area (Å²) >= 11 is 11.2. The minimum atomic E-state index is 0. The third-order valence-corrected chi connectivity index (χ3v) is 1.81. The largest absolute Gasteiger partial charge is 1.00 e. The molecule has 0 aliphatic rings. The average Bonchev–Trinajstić information content (AvgIpc) is 1.87. The molecule has 0 aromatic carbocycles. The molecule has 0 saturated carbocycles. The maximum absolute atomic E-state index is 5.59. The minimum absolute atomic E-state index is 0. The van der Waals surface area contributed by atoms with Crippen molar-refractivity contribution in [1.29, 1.82) is 0 Å². The summed E-state index contributed by atoms with van der Waals surface area (Å²) in [7, 11) is 0. The molecular weight excluding hydrogens is 204 g/mol. The molecule has 0 aromatic rings. The molecule has 0 unspecified atom stereocenters. The summed E-state index contributed by atoms with van der Waals surface area (Å²) in [5, 5.41) is 0. The second-order valence-corrected chi connectivity index (χ2v) is 3.26. The molecule has 0 aromatic heterocycles. The molecule has 0 bridgehead atoms. The molecular formula is C7H15Cl3N-. The highest BCUT2D eigenvalue weighted by atomic mass is 35.5. The second kappa shape index (κ2) is 8.92. The van der Waals surface area contributed by atoms with Crippen molar-refractivity contribution < 1.29 is 12.4 Å². The van der Waals surface area contributed by atoms with Gasteiger partial charge in [0.15, 0.2) is 0 Å². The van der Waals surface area contributed by atoms with Crippen LogP contribution in [-0.4, -0.2) is 35.8 Å². The molecule has 0 aliphatic heterocycles. The van der Waals surface area contributed by atoms with E-state index in [0.29, 0.717) is 17.8 Å². The molecule has 11 heavy (non-hydrogen) atoms. The molecule has 0 radical (unpaired) electrons. The Labute approximate surface area is 85.4 Å². The number of halogens is 3. The third kappa shape index (κ3) is 7.20. The van der Waals surface area contributed by atoms with Gasteiger partial charge in [-0.15, -0.1) is 23.2 Å². The zero-order chi connectivity index (χ0) is 7.98. The van der Waals surface area contributed by atoms with E-state index in [-0.39, 0.29) is 12.4 Å². The van der Waals surface area contributed by atoms with Crippen LogP contribution < -0.4 is 12.4 Å². The molecule has 70 valence electrons. The zero-order valence-corrected chi connectivity index (χ0v) is 9.25. The van der Waals surface area contributed by atoms with E-state index in [9.17, 15) is 0 Å². The van der Waals surface area contributed by atoms with E-state index in [4.69, 9.17) is 23.2 Å². The van der Waals surface area contributed by atoms with E-state index in [1.54, 1.807) is 0 Å². The van der Waals surface area contributed by atoms with Crippen LogP contribution >= 0.6 is 23.2 Å². The Morgan fingerprint density at radius 1 is 1.09 bits per heavy atom. The van der Waals surface area contributed by atoms with Crippen LogP contribution in [0.1, 0.15) is 13.8 Å². The Kier molecular flexibility index (Phi) is 11.6. The first-order valence-electron chi connectivity index (χ1n) is 3.58. The predicted molar refractivity (Wildman–Crippen MR) is 48.1 cm³/mol. The molecule has 0 spiro atoms. The maximum atomic E-state index is 5.59. The highest BCUT2D eigenvalue weighted by Gasteiger charge is 2.06. The molecule has 0 heterocycles. The van der Waals surface area contributed by atoms with Gasteiger partial charge in [0.2, 0.25) is 0 Å². The Balaban J connectivity index is 0. The van der Waals surface area contributed by atoms with Gasteiger partial charge in [0.25, 0.3) is 0 Å². The van der Waals surface area contributed by atoms with Crippen LogP contribution in [0.5, 0.6) is 0 Å². The lowest BCUT2D eigenvalue weighted by atomic mass is 10.3. The molecule has 0 amide bonds. The van der Waals surface area contributed by atoms with Crippen LogP contribution in [0.2, 0.25) is 0 Å². The van der Waals surface area contributed by atoms with Gasteiger partial charge in [0.05, 0.1) is 0 Å². The number of alkyl halides is 2. The summed E-state index contributed by atoms with van der Waals surface area (Å²) < 4.78 is 0. The van der Waals surface area contributed by atoms with Gasteiger partial charge in [-0.3, -0.25) is 4.90 Å². The van der Waals surface area contributed by atoms with E-state index in [1.807, 2.05) is 0 Å². The van der Waals surface area contributed by atoms with E-state index >= 15 is 0 Å². The fourth-order valence-electron chi connectivity index (χ4n) is 0.845. The molecule has 0 rings (SSSR count). The highest BCUT2D eigenvalue weighted by Crippen LogP contribution is 1.98. The van der Waals surface area contributed by atoms with Gasteiger partial charge in [0, 0.05) is 30.9 Å². The molecule has 1 nitrogen and oxygen atoms in total. The van der Waals surface area contributed by atoms with Crippen LogP contribution in [0.4, 0.5) is 0 Å². The van der Waals surface area contributed by atoms with Gasteiger partial charge < -0.3 is 12.4 Å². The molecule has 0 aliphatic carbocycles. The van der Waals surface area contributed by atoms with Crippen molar-refractivity contribution in [1.82, 2.24) is 4.90 Å². The van der Waals surface area contributed by atoms with Crippen LogP contribution in [-0.2, 0) is 0 Å². The third-order valence-electron chi connectivity index (χ3n) is 1.47. The Morgan fingerprint density at radius 2 is 1.45 bits per heavy atom. The second-order valence-electron chi connectivity index (χ2n) is 2.51. The van der Waals surface area contributed by atoms with Gasteiger partial charge in [-0.05, 0) is 13.8 Å². The molecule has 0 saturated heterocycles. The van der Waals surface area contributed by atoms with Gasteiger partial charge in [-0.1, -0.05) is 0 Å². The summed E-state index contributed by atoms with van der Waals surface area (Å²) in [5.41, 5.74) is 0. The van der Waals surface area contributed by atoms with Crippen LogP contribution in [0, 0.1) is 0 Å². The lowest BCUT2D eigenvalue weighted by Crippen LogP contribution is -3.00. The highest BCUT2D eigenvalue weighted by molar-refractivity contribution is 6.18. The van der Waals surface area contributed by atoms with E-state index in [0.717, 1.165) is 13.1 Å². The molecule has 4 heteroatoms. The summed E-state index contributed by atoms with van der Waals surface area (Å²) in [6.07, 6.45) is 0. The van der Waals surface area contributed by atoms with E-state index in [2.05, 4.69) is 18.7 Å². The lowest BCUT2D eigenvalue weighted by Gasteiger charge is -2.23. The number of hydrogen-bond donors (Lipinski definition) is 0. The maximum Gasteiger partial charge on any atom is 0.0351 e. The molecule has 0 N–H and O–H groups in total. The van der Waals surface area contributed by atoms with Crippen molar-refractivity contribution in [2.75, 3.05) is 24.8 Å². The van der Waals surface area contributed by atoms with Crippen LogP contribution in [0.3, 0.4) is 0 Å². The van der Waals surface area contributed by atoms with Crippen molar-refractivity contribution in [3.05, 3.63) is 0 Å². The van der Waals surface area contributed by atoms with Gasteiger partial charge in [-0.2, -0.15) is 0 Å². The van der Waals surface area contributed by atoms with Crippen molar-refractivity contribution in [3.63, 3.8) is 0 Å². The quantitative estimate of drug-likeness (QED) is 0.546. The van der Waals surface area contributed by atoms with Gasteiger partial charge in [0.1, 0.15) is 0 Å².